The van der Waals surface area contributed by atoms with Gasteiger partial charge in [0.05, 0.1) is 0 Å². The molecule has 92 valence electrons. The standard InChI is InChI=1S/C16H24Si/c1-4-17(5-2,6-3)15-11-10-14-16-12-8-7-9-13-16/h7-9,12-13H,4-6,10,14H2,1-3H3. The van der Waals surface area contributed by atoms with Gasteiger partial charge in [-0.3, -0.25) is 0 Å². The van der Waals surface area contributed by atoms with E-state index in [0.29, 0.717) is 0 Å². The fourth-order valence-corrected chi connectivity index (χ4v) is 4.65. The molecule has 0 fully saturated rings. The predicted octanol–water partition coefficient (Wildman–Crippen LogP) is 4.67. The van der Waals surface area contributed by atoms with Crippen molar-refractivity contribution in [2.24, 2.45) is 0 Å². The highest BCUT2D eigenvalue weighted by molar-refractivity contribution is 6.87. The van der Waals surface area contributed by atoms with Gasteiger partial charge in [-0.15, -0.1) is 11.5 Å². The monoisotopic (exact) mass is 244 g/mol. The summed E-state index contributed by atoms with van der Waals surface area (Å²) in [5.74, 6) is 3.44. The van der Waals surface area contributed by atoms with Gasteiger partial charge in [-0.2, -0.15) is 0 Å². The Kier molecular flexibility index (Phi) is 6.08. The van der Waals surface area contributed by atoms with Gasteiger partial charge >= 0.3 is 0 Å². The molecule has 0 N–H and O–H groups in total. The lowest BCUT2D eigenvalue weighted by Crippen LogP contribution is -2.29. The van der Waals surface area contributed by atoms with Crippen LogP contribution in [0.25, 0.3) is 0 Å². The molecule has 0 saturated carbocycles. The fraction of sp³-hybridized carbons (Fsp3) is 0.500. The molecule has 1 heteroatoms. The Hall–Kier alpha value is -1.00. The second-order valence-corrected chi connectivity index (χ2v) is 9.56. The number of aryl methyl sites for hydroxylation is 1. The molecule has 0 unspecified atom stereocenters. The lowest BCUT2D eigenvalue weighted by atomic mass is 10.1. The van der Waals surface area contributed by atoms with Crippen molar-refractivity contribution in [1.82, 2.24) is 0 Å². The third kappa shape index (κ3) is 4.40. The zero-order valence-electron chi connectivity index (χ0n) is 11.4. The molecular formula is C16H24Si. The molecule has 0 aliphatic rings. The Morgan fingerprint density at radius 1 is 0.941 bits per heavy atom. The molecule has 0 aliphatic heterocycles. The van der Waals surface area contributed by atoms with E-state index in [1.54, 1.807) is 0 Å². The molecule has 0 atom stereocenters. The van der Waals surface area contributed by atoms with Crippen LogP contribution >= 0.6 is 0 Å². The van der Waals surface area contributed by atoms with Crippen LogP contribution in [-0.2, 0) is 6.42 Å². The van der Waals surface area contributed by atoms with E-state index in [0.717, 1.165) is 12.8 Å². The van der Waals surface area contributed by atoms with Crippen LogP contribution in [0.15, 0.2) is 30.3 Å². The van der Waals surface area contributed by atoms with Crippen LogP contribution in [0.3, 0.4) is 0 Å². The van der Waals surface area contributed by atoms with Gasteiger partial charge in [0.2, 0.25) is 0 Å². The maximum absolute atomic E-state index is 3.64. The first-order chi connectivity index (χ1) is 8.26. The molecule has 1 aromatic rings. The van der Waals surface area contributed by atoms with E-state index >= 15 is 0 Å². The lowest BCUT2D eigenvalue weighted by Gasteiger charge is -2.20. The van der Waals surface area contributed by atoms with E-state index in [9.17, 15) is 0 Å². The topological polar surface area (TPSA) is 0 Å². The van der Waals surface area contributed by atoms with Gasteiger partial charge in [0.15, 0.2) is 0 Å². The van der Waals surface area contributed by atoms with Crippen LogP contribution in [0.5, 0.6) is 0 Å². The molecule has 0 aliphatic carbocycles. The molecule has 0 radical (unpaired) electrons. The molecule has 0 spiro atoms. The Bertz CT molecular complexity index is 357. The van der Waals surface area contributed by atoms with Crippen molar-refractivity contribution in [3.8, 4) is 11.5 Å². The van der Waals surface area contributed by atoms with Gasteiger partial charge in [0.1, 0.15) is 8.07 Å². The molecule has 1 rings (SSSR count). The normalized spacial score (nSPS) is 10.8. The van der Waals surface area contributed by atoms with Crippen LogP contribution in [0, 0.1) is 11.5 Å². The molecule has 0 saturated heterocycles. The van der Waals surface area contributed by atoms with Gasteiger partial charge < -0.3 is 0 Å². The van der Waals surface area contributed by atoms with Crippen molar-refractivity contribution >= 4 is 8.07 Å². The summed E-state index contributed by atoms with van der Waals surface area (Å²) in [6.45, 7) is 6.93. The fourth-order valence-electron chi connectivity index (χ4n) is 2.12. The second-order valence-electron chi connectivity index (χ2n) is 4.63. The first kappa shape index (κ1) is 14.1. The van der Waals surface area contributed by atoms with Gasteiger partial charge in [-0.05, 0) is 30.1 Å². The predicted molar refractivity (Wildman–Crippen MR) is 79.7 cm³/mol. The average Bonchev–Trinajstić information content (AvgIpc) is 2.41. The third-order valence-electron chi connectivity index (χ3n) is 3.77. The summed E-state index contributed by atoms with van der Waals surface area (Å²) >= 11 is 0. The minimum atomic E-state index is -1.22. The highest BCUT2D eigenvalue weighted by Gasteiger charge is 2.23. The first-order valence-electron chi connectivity index (χ1n) is 6.80. The van der Waals surface area contributed by atoms with Gasteiger partial charge in [0, 0.05) is 6.42 Å². The number of rotatable bonds is 5. The minimum Gasteiger partial charge on any atom is -0.131 e. The Morgan fingerprint density at radius 2 is 1.53 bits per heavy atom. The third-order valence-corrected chi connectivity index (χ3v) is 8.53. The Balaban J connectivity index is 2.50. The van der Waals surface area contributed by atoms with Gasteiger partial charge in [-0.1, -0.05) is 51.1 Å². The summed E-state index contributed by atoms with van der Waals surface area (Å²) in [5.41, 5.74) is 5.04. The van der Waals surface area contributed by atoms with Crippen LogP contribution in [0.4, 0.5) is 0 Å². The molecule has 0 aromatic heterocycles. The van der Waals surface area contributed by atoms with Crippen LogP contribution < -0.4 is 0 Å². The summed E-state index contributed by atoms with van der Waals surface area (Å²) in [6.07, 6.45) is 2.11. The molecular weight excluding hydrogens is 220 g/mol. The van der Waals surface area contributed by atoms with Crippen molar-refractivity contribution in [2.75, 3.05) is 0 Å². The molecule has 0 heterocycles. The number of hydrogen-bond acceptors (Lipinski definition) is 0. The Morgan fingerprint density at radius 3 is 2.06 bits per heavy atom. The van der Waals surface area contributed by atoms with Crippen molar-refractivity contribution in [1.29, 1.82) is 0 Å². The summed E-state index contributed by atoms with van der Waals surface area (Å²) in [4.78, 5) is 0. The summed E-state index contributed by atoms with van der Waals surface area (Å²) in [7, 11) is -1.22. The largest absolute Gasteiger partial charge is 0.137 e. The summed E-state index contributed by atoms with van der Waals surface area (Å²) in [5, 5.41) is 0. The van der Waals surface area contributed by atoms with E-state index in [-0.39, 0.29) is 0 Å². The highest BCUT2D eigenvalue weighted by Crippen LogP contribution is 2.18. The van der Waals surface area contributed by atoms with Crippen molar-refractivity contribution in [3.63, 3.8) is 0 Å². The summed E-state index contributed by atoms with van der Waals surface area (Å²) < 4.78 is 0. The van der Waals surface area contributed by atoms with E-state index in [2.05, 4.69) is 62.6 Å². The highest BCUT2D eigenvalue weighted by atomic mass is 28.3. The minimum absolute atomic E-state index is 1.01. The molecule has 0 bridgehead atoms. The smallest absolute Gasteiger partial charge is 0.131 e. The molecule has 0 nitrogen and oxygen atoms in total. The van der Waals surface area contributed by atoms with Crippen LogP contribution in [0.2, 0.25) is 18.1 Å². The lowest BCUT2D eigenvalue weighted by molar-refractivity contribution is 1.03. The van der Waals surface area contributed by atoms with Crippen LogP contribution in [-0.4, -0.2) is 8.07 Å². The molecule has 17 heavy (non-hydrogen) atoms. The SMILES string of the molecule is CC[Si](C#CCCc1ccccc1)(CC)CC. The summed E-state index contributed by atoms with van der Waals surface area (Å²) in [6, 6.07) is 14.6. The van der Waals surface area contributed by atoms with Crippen molar-refractivity contribution in [3.05, 3.63) is 35.9 Å². The first-order valence-corrected chi connectivity index (χ1v) is 9.42. The Labute approximate surface area is 107 Å². The maximum atomic E-state index is 3.64. The molecule has 1 aromatic carbocycles. The zero-order chi connectivity index (χ0) is 12.6. The quantitative estimate of drug-likeness (QED) is 0.521. The number of hydrogen-bond donors (Lipinski definition) is 0. The van der Waals surface area contributed by atoms with Crippen molar-refractivity contribution in [2.45, 2.75) is 51.7 Å². The van der Waals surface area contributed by atoms with Gasteiger partial charge in [-0.25, -0.2) is 0 Å². The van der Waals surface area contributed by atoms with E-state index in [1.165, 1.54) is 23.7 Å². The number of benzene rings is 1. The second kappa shape index (κ2) is 7.35. The van der Waals surface area contributed by atoms with E-state index in [4.69, 9.17) is 0 Å². The zero-order valence-corrected chi connectivity index (χ0v) is 12.4. The molecule has 0 amide bonds. The van der Waals surface area contributed by atoms with Gasteiger partial charge in [0.25, 0.3) is 0 Å². The van der Waals surface area contributed by atoms with E-state index in [1.807, 2.05) is 0 Å². The van der Waals surface area contributed by atoms with E-state index < -0.39 is 8.07 Å². The van der Waals surface area contributed by atoms with Crippen molar-refractivity contribution < 1.29 is 0 Å². The average molecular weight is 244 g/mol. The van der Waals surface area contributed by atoms with Crippen LogP contribution in [0.1, 0.15) is 32.8 Å². The maximum Gasteiger partial charge on any atom is 0.137 e.